The van der Waals surface area contributed by atoms with E-state index in [4.69, 9.17) is 0 Å². The Balaban J connectivity index is 1.47. The van der Waals surface area contributed by atoms with Gasteiger partial charge in [-0.3, -0.25) is 4.55 Å². The Bertz CT molecular complexity index is 1550. The van der Waals surface area contributed by atoms with Crippen molar-refractivity contribution in [2.75, 3.05) is 11.1 Å². The van der Waals surface area contributed by atoms with E-state index in [1.165, 1.54) is 37.0 Å². The van der Waals surface area contributed by atoms with Gasteiger partial charge in [0.05, 0.1) is 16.5 Å². The lowest BCUT2D eigenvalue weighted by atomic mass is 9.75. The average molecular weight is 554 g/mol. The lowest BCUT2D eigenvalue weighted by Gasteiger charge is -2.30. The molecule has 2 aliphatic rings. The van der Waals surface area contributed by atoms with Crippen LogP contribution in [0.25, 0.3) is 16.3 Å². The van der Waals surface area contributed by atoms with Crippen LogP contribution in [0.2, 0.25) is 0 Å². The summed E-state index contributed by atoms with van der Waals surface area (Å²) in [5.74, 6) is -0.238. The van der Waals surface area contributed by atoms with E-state index >= 15 is 0 Å². The molecule has 5 rings (SSSR count). The molecule has 194 valence electrons. The molecule has 2 aromatic carbocycles. The van der Waals surface area contributed by atoms with E-state index in [1.807, 2.05) is 12.1 Å². The molecule has 0 radical (unpaired) electrons. The fraction of sp³-hybridized carbons (Fsp3) is 0.345. The Morgan fingerprint density at radius 1 is 1.11 bits per heavy atom. The maximum Gasteiger partial charge on any atom is 0.265 e. The van der Waals surface area contributed by atoms with E-state index in [2.05, 4.69) is 79.2 Å². The Morgan fingerprint density at radius 2 is 1.92 bits per heavy atom. The van der Waals surface area contributed by atoms with Crippen LogP contribution in [0, 0.1) is 5.41 Å². The number of rotatable bonds is 7. The second-order valence-electron chi connectivity index (χ2n) is 10.5. The van der Waals surface area contributed by atoms with E-state index in [0.29, 0.717) is 13.0 Å². The third-order valence-electron chi connectivity index (χ3n) is 6.74. The number of para-hydroxylation sites is 2. The number of thiazole rings is 1. The van der Waals surface area contributed by atoms with Gasteiger partial charge >= 0.3 is 0 Å². The molecule has 0 atom stereocenters. The molecule has 3 aromatic rings. The molecule has 1 aliphatic heterocycles. The van der Waals surface area contributed by atoms with E-state index in [0.717, 1.165) is 29.8 Å². The fourth-order valence-corrected chi connectivity index (χ4v) is 7.94. The fourth-order valence-electron chi connectivity index (χ4n) is 5.25. The van der Waals surface area contributed by atoms with Crippen LogP contribution in [0.5, 0.6) is 0 Å². The second-order valence-corrected chi connectivity index (χ2v) is 14.3. The minimum atomic E-state index is -3.98. The first-order chi connectivity index (χ1) is 17.6. The number of hydrogen-bond acceptors (Lipinski definition) is 5. The monoisotopic (exact) mass is 553 g/mol. The van der Waals surface area contributed by atoms with Crippen molar-refractivity contribution in [2.24, 2.45) is 5.41 Å². The molecular formula is C29H33N2O3S3+. The number of aromatic nitrogens is 1. The number of nitrogens with one attached hydrogen (secondary N) is 1. The summed E-state index contributed by atoms with van der Waals surface area (Å²) in [7, 11) is -3.98. The zero-order valence-corrected chi connectivity index (χ0v) is 23.9. The summed E-state index contributed by atoms with van der Waals surface area (Å²) in [6.07, 6.45) is 10.2. The molecule has 0 unspecified atom stereocenters. The lowest BCUT2D eigenvalue weighted by molar-refractivity contribution is -0.668. The Kier molecular flexibility index (Phi) is 7.38. The van der Waals surface area contributed by atoms with Crippen LogP contribution < -0.4 is 9.88 Å². The van der Waals surface area contributed by atoms with Gasteiger partial charge in [-0.15, -0.1) is 0 Å². The lowest BCUT2D eigenvalue weighted by Crippen LogP contribution is -2.36. The van der Waals surface area contributed by atoms with E-state index in [9.17, 15) is 13.0 Å². The van der Waals surface area contributed by atoms with Gasteiger partial charge in [0.2, 0.25) is 5.52 Å². The maximum atomic E-state index is 11.3. The van der Waals surface area contributed by atoms with E-state index in [1.54, 1.807) is 23.1 Å². The largest absolute Gasteiger partial charge is 0.349 e. The number of anilines is 1. The molecule has 2 heterocycles. The quantitative estimate of drug-likeness (QED) is 0.239. The first kappa shape index (κ1) is 26.2. The molecule has 5 nitrogen and oxygen atoms in total. The molecule has 0 spiro atoms. The smallest absolute Gasteiger partial charge is 0.265 e. The van der Waals surface area contributed by atoms with Gasteiger partial charge in [0, 0.05) is 23.5 Å². The number of fused-ring (bicyclic) bond motifs is 2. The van der Waals surface area contributed by atoms with Crippen molar-refractivity contribution in [3.05, 3.63) is 81.4 Å². The molecule has 1 aliphatic carbocycles. The maximum absolute atomic E-state index is 11.3. The SMILES string of the molecule is CCc1cccc2c1N/C(=C/C1=CC(=C/c3sc4ccccc4[n+]3CCCS(=O)(=O)O)/CC(C)(C)C1)S2. The van der Waals surface area contributed by atoms with Gasteiger partial charge in [0.1, 0.15) is 4.70 Å². The molecular weight excluding hydrogens is 521 g/mol. The van der Waals surface area contributed by atoms with Crippen molar-refractivity contribution in [1.29, 1.82) is 0 Å². The number of hydrogen-bond donors (Lipinski definition) is 2. The molecule has 0 saturated heterocycles. The molecule has 0 fully saturated rings. The number of thioether (sulfide) groups is 1. The predicted octanol–water partition coefficient (Wildman–Crippen LogP) is 7.22. The average Bonchev–Trinajstić information content (AvgIpc) is 3.37. The highest BCUT2D eigenvalue weighted by atomic mass is 32.2. The molecule has 0 bridgehead atoms. The van der Waals surface area contributed by atoms with E-state index < -0.39 is 10.1 Å². The van der Waals surface area contributed by atoms with Crippen LogP contribution in [-0.4, -0.2) is 18.7 Å². The Labute approximate surface area is 227 Å². The van der Waals surface area contributed by atoms with Crippen LogP contribution in [0.3, 0.4) is 0 Å². The van der Waals surface area contributed by atoms with Crippen LogP contribution in [-0.2, 0) is 23.1 Å². The third-order valence-corrected chi connectivity index (χ3v) is 9.66. The molecule has 0 saturated carbocycles. The standard InChI is InChI=1S/C29H32N2O3S3/c1-4-22-9-7-12-25-28(22)30-26(35-25)16-20-15-21(19-29(2,3)18-20)17-27-31(13-8-14-37(32,33)34)23-10-5-6-11-24(23)36-27/h5-7,9-12,15-17H,4,8,13-14,18-19H2,1-3H3,(H,32,33,34)/p+1. The molecule has 0 amide bonds. The minimum absolute atomic E-state index is 0.129. The van der Waals surface area contributed by atoms with Crippen molar-refractivity contribution < 1.29 is 17.5 Å². The van der Waals surface area contributed by atoms with Gasteiger partial charge in [-0.1, -0.05) is 74.2 Å². The van der Waals surface area contributed by atoms with E-state index in [-0.39, 0.29) is 11.2 Å². The van der Waals surface area contributed by atoms with Gasteiger partial charge < -0.3 is 5.32 Å². The zero-order chi connectivity index (χ0) is 26.2. The van der Waals surface area contributed by atoms with Crippen molar-refractivity contribution in [3.63, 3.8) is 0 Å². The summed E-state index contributed by atoms with van der Waals surface area (Å²) >= 11 is 3.52. The molecule has 37 heavy (non-hydrogen) atoms. The summed E-state index contributed by atoms with van der Waals surface area (Å²) in [6, 6.07) is 14.7. The number of nitrogens with zero attached hydrogens (tertiary/aromatic N) is 1. The first-order valence-corrected chi connectivity index (χ1v) is 15.9. The van der Waals surface area contributed by atoms with Crippen LogP contribution >= 0.6 is 23.1 Å². The van der Waals surface area contributed by atoms with Gasteiger partial charge in [0.15, 0.2) is 6.54 Å². The summed E-state index contributed by atoms with van der Waals surface area (Å²) in [5, 5.41) is 5.91. The van der Waals surface area contributed by atoms with Crippen LogP contribution in [0.15, 0.2) is 75.7 Å². The van der Waals surface area contributed by atoms with Gasteiger partial charge in [-0.25, -0.2) is 0 Å². The minimum Gasteiger partial charge on any atom is -0.349 e. The summed E-state index contributed by atoms with van der Waals surface area (Å²) in [5.41, 5.74) is 6.38. The zero-order valence-electron chi connectivity index (χ0n) is 21.5. The van der Waals surface area contributed by atoms with Gasteiger partial charge in [-0.2, -0.15) is 13.0 Å². The second kappa shape index (κ2) is 10.4. The summed E-state index contributed by atoms with van der Waals surface area (Å²) < 4.78 is 35.2. The Morgan fingerprint density at radius 3 is 2.70 bits per heavy atom. The summed E-state index contributed by atoms with van der Waals surface area (Å²) in [6.45, 7) is 7.36. The molecule has 8 heteroatoms. The van der Waals surface area contributed by atoms with Crippen molar-refractivity contribution >= 4 is 55.2 Å². The normalized spacial score (nSPS) is 19.3. The number of benzene rings is 2. The topological polar surface area (TPSA) is 70.3 Å². The van der Waals surface area contributed by atoms with Crippen LogP contribution in [0.1, 0.15) is 50.6 Å². The highest BCUT2D eigenvalue weighted by molar-refractivity contribution is 8.03. The highest BCUT2D eigenvalue weighted by Crippen LogP contribution is 2.45. The highest BCUT2D eigenvalue weighted by Gasteiger charge is 2.28. The summed E-state index contributed by atoms with van der Waals surface area (Å²) in [4.78, 5) is 1.29. The van der Waals surface area contributed by atoms with Crippen LogP contribution in [0.4, 0.5) is 5.69 Å². The number of aryl methyl sites for hydroxylation is 2. The Hall–Kier alpha value is -2.39. The molecule has 2 N–H and O–H groups in total. The number of allylic oxidation sites excluding steroid dienone is 4. The van der Waals surface area contributed by atoms with Crippen molar-refractivity contribution in [3.8, 4) is 0 Å². The molecule has 1 aromatic heterocycles. The van der Waals surface area contributed by atoms with Crippen molar-refractivity contribution in [1.82, 2.24) is 0 Å². The first-order valence-electron chi connectivity index (χ1n) is 12.7. The van der Waals surface area contributed by atoms with Gasteiger partial charge in [-0.05, 0) is 59.6 Å². The van der Waals surface area contributed by atoms with Crippen molar-refractivity contribution in [2.45, 2.75) is 57.9 Å². The van der Waals surface area contributed by atoms with Gasteiger partial charge in [0.25, 0.3) is 15.1 Å². The third kappa shape index (κ3) is 6.20. The predicted molar refractivity (Wildman–Crippen MR) is 156 cm³/mol.